The Morgan fingerprint density at radius 3 is 2.38 bits per heavy atom. The van der Waals surface area contributed by atoms with Gasteiger partial charge in [0.15, 0.2) is 0 Å². The molecule has 1 aliphatic rings. The molecule has 1 atom stereocenters. The lowest BCUT2D eigenvalue weighted by atomic mass is 10.2. The largest absolute Gasteiger partial charge is 0.444 e. The van der Waals surface area contributed by atoms with Gasteiger partial charge >= 0.3 is 6.09 Å². The van der Waals surface area contributed by atoms with Crippen LogP contribution < -0.4 is 10.2 Å². The lowest BCUT2D eigenvalue weighted by molar-refractivity contribution is 0.0502. The van der Waals surface area contributed by atoms with Crippen molar-refractivity contribution in [2.75, 3.05) is 32.1 Å². The van der Waals surface area contributed by atoms with E-state index in [0.29, 0.717) is 18.7 Å². The molecule has 0 radical (unpaired) electrons. The summed E-state index contributed by atoms with van der Waals surface area (Å²) in [5.41, 5.74) is 1.20. The molecule has 0 unspecified atom stereocenters. The number of hydrogen-bond donors (Lipinski definition) is 1. The highest BCUT2D eigenvalue weighted by molar-refractivity contribution is 5.94. The Bertz CT molecular complexity index is 591. The van der Waals surface area contributed by atoms with E-state index in [0.717, 1.165) is 12.1 Å². The molecular weight excluding hydrogens is 306 g/mol. The minimum atomic E-state index is -0.521. The first-order chi connectivity index (χ1) is 11.2. The van der Waals surface area contributed by atoms with Crippen LogP contribution in [-0.2, 0) is 4.74 Å². The van der Waals surface area contributed by atoms with Gasteiger partial charge < -0.3 is 19.9 Å². The van der Waals surface area contributed by atoms with Crippen LogP contribution in [0.2, 0.25) is 0 Å². The van der Waals surface area contributed by atoms with Gasteiger partial charge in [0.25, 0.3) is 5.91 Å². The minimum Gasteiger partial charge on any atom is -0.444 e. The first-order valence-corrected chi connectivity index (χ1v) is 8.22. The van der Waals surface area contributed by atoms with Crippen molar-refractivity contribution in [3.63, 3.8) is 0 Å². The van der Waals surface area contributed by atoms with Gasteiger partial charge in [-0.05, 0) is 51.5 Å². The molecule has 1 saturated heterocycles. The number of anilines is 1. The molecule has 6 nitrogen and oxygen atoms in total. The summed E-state index contributed by atoms with van der Waals surface area (Å²) in [5.74, 6) is -0.00575. The molecule has 1 aromatic rings. The summed E-state index contributed by atoms with van der Waals surface area (Å²) < 4.78 is 5.26. The van der Waals surface area contributed by atoms with Gasteiger partial charge in [0.1, 0.15) is 5.60 Å². The van der Waals surface area contributed by atoms with Crippen molar-refractivity contribution < 1.29 is 14.3 Å². The van der Waals surface area contributed by atoms with E-state index in [4.69, 9.17) is 4.74 Å². The third-order valence-electron chi connectivity index (χ3n) is 3.83. The molecule has 1 fully saturated rings. The van der Waals surface area contributed by atoms with Gasteiger partial charge in [0, 0.05) is 38.4 Å². The highest BCUT2D eigenvalue weighted by Crippen LogP contribution is 2.17. The standard InChI is InChI=1S/C18H27N3O3/c1-18(2,3)24-17(23)19-14-10-11-21(12-14)16(22)13-6-8-15(9-7-13)20(4)5/h6-9,14H,10-12H2,1-5H3,(H,19,23)/t14-/m1/s1. The van der Waals surface area contributed by atoms with Crippen LogP contribution >= 0.6 is 0 Å². The maximum Gasteiger partial charge on any atom is 0.407 e. The number of amides is 2. The number of carbonyl (C=O) groups is 2. The van der Waals surface area contributed by atoms with Crippen molar-refractivity contribution >= 4 is 17.7 Å². The molecule has 1 aromatic carbocycles. The van der Waals surface area contributed by atoms with Crippen LogP contribution in [0.15, 0.2) is 24.3 Å². The molecule has 2 rings (SSSR count). The molecule has 0 saturated carbocycles. The van der Waals surface area contributed by atoms with Gasteiger partial charge in [-0.25, -0.2) is 4.79 Å². The van der Waals surface area contributed by atoms with E-state index in [1.165, 1.54) is 0 Å². The summed E-state index contributed by atoms with van der Waals surface area (Å²) in [4.78, 5) is 28.1. The number of hydrogen-bond acceptors (Lipinski definition) is 4. The van der Waals surface area contributed by atoms with E-state index in [-0.39, 0.29) is 11.9 Å². The fourth-order valence-corrected chi connectivity index (χ4v) is 2.62. The quantitative estimate of drug-likeness (QED) is 0.923. The molecule has 0 bridgehead atoms. The summed E-state index contributed by atoms with van der Waals surface area (Å²) in [6.07, 6.45) is 0.304. The Balaban J connectivity index is 1.90. The summed E-state index contributed by atoms with van der Waals surface area (Å²) in [5, 5.41) is 2.83. The van der Waals surface area contributed by atoms with E-state index in [1.54, 1.807) is 4.90 Å². The zero-order valence-corrected chi connectivity index (χ0v) is 15.1. The second-order valence-corrected chi connectivity index (χ2v) is 7.32. The normalized spacial score (nSPS) is 17.5. The molecule has 24 heavy (non-hydrogen) atoms. The molecule has 1 N–H and O–H groups in total. The Morgan fingerprint density at radius 1 is 1.21 bits per heavy atom. The number of benzene rings is 1. The number of alkyl carbamates (subject to hydrolysis) is 1. The highest BCUT2D eigenvalue weighted by atomic mass is 16.6. The lowest BCUT2D eigenvalue weighted by Crippen LogP contribution is -2.41. The average Bonchev–Trinajstić information content (AvgIpc) is 2.92. The van der Waals surface area contributed by atoms with Gasteiger partial charge in [0.2, 0.25) is 0 Å². The number of carbonyl (C=O) groups excluding carboxylic acids is 2. The maximum absolute atomic E-state index is 12.6. The van der Waals surface area contributed by atoms with Crippen molar-refractivity contribution in [2.24, 2.45) is 0 Å². The topological polar surface area (TPSA) is 61.9 Å². The maximum atomic E-state index is 12.6. The molecule has 0 spiro atoms. The van der Waals surface area contributed by atoms with Crippen molar-refractivity contribution in [3.05, 3.63) is 29.8 Å². The molecule has 2 amide bonds. The van der Waals surface area contributed by atoms with Crippen LogP contribution in [0, 0.1) is 0 Å². The number of nitrogens with zero attached hydrogens (tertiary/aromatic N) is 2. The average molecular weight is 333 g/mol. The van der Waals surface area contributed by atoms with Crippen molar-refractivity contribution in [1.82, 2.24) is 10.2 Å². The number of nitrogens with one attached hydrogen (secondary N) is 1. The SMILES string of the molecule is CN(C)c1ccc(C(=O)N2CC[C@@H](NC(=O)OC(C)(C)C)C2)cc1. The van der Waals surface area contributed by atoms with Gasteiger partial charge in [-0.15, -0.1) is 0 Å². The van der Waals surface area contributed by atoms with E-state index in [9.17, 15) is 9.59 Å². The first kappa shape index (κ1) is 18.1. The van der Waals surface area contributed by atoms with Crippen molar-refractivity contribution in [2.45, 2.75) is 38.8 Å². The summed E-state index contributed by atoms with van der Waals surface area (Å²) in [7, 11) is 3.93. The Labute approximate surface area is 143 Å². The monoisotopic (exact) mass is 333 g/mol. The van der Waals surface area contributed by atoms with Crippen LogP contribution in [0.25, 0.3) is 0 Å². The minimum absolute atomic E-state index is 0.00575. The van der Waals surface area contributed by atoms with Crippen molar-refractivity contribution in [1.29, 1.82) is 0 Å². The second-order valence-electron chi connectivity index (χ2n) is 7.32. The fourth-order valence-electron chi connectivity index (χ4n) is 2.62. The Kier molecular flexibility index (Phi) is 5.36. The van der Waals surface area contributed by atoms with E-state index >= 15 is 0 Å². The summed E-state index contributed by atoms with van der Waals surface area (Å²) >= 11 is 0. The zero-order chi connectivity index (χ0) is 17.9. The van der Waals surface area contributed by atoms with Crippen LogP contribution in [-0.4, -0.2) is 55.7 Å². The van der Waals surface area contributed by atoms with Gasteiger partial charge in [0.05, 0.1) is 6.04 Å². The zero-order valence-electron chi connectivity index (χ0n) is 15.1. The Hall–Kier alpha value is -2.24. The summed E-state index contributed by atoms with van der Waals surface area (Å²) in [6.45, 7) is 6.62. The Morgan fingerprint density at radius 2 is 1.83 bits per heavy atom. The van der Waals surface area contributed by atoms with Crippen LogP contribution in [0.1, 0.15) is 37.6 Å². The lowest BCUT2D eigenvalue weighted by Gasteiger charge is -2.22. The predicted octanol–water partition coefficient (Wildman–Crippen LogP) is 2.49. The fraction of sp³-hybridized carbons (Fsp3) is 0.556. The first-order valence-electron chi connectivity index (χ1n) is 8.22. The van der Waals surface area contributed by atoms with Gasteiger partial charge in [-0.1, -0.05) is 0 Å². The van der Waals surface area contributed by atoms with Gasteiger partial charge in [-0.2, -0.15) is 0 Å². The van der Waals surface area contributed by atoms with Crippen LogP contribution in [0.3, 0.4) is 0 Å². The predicted molar refractivity (Wildman–Crippen MR) is 94.4 cm³/mol. The molecule has 0 aliphatic carbocycles. The third-order valence-corrected chi connectivity index (χ3v) is 3.83. The summed E-state index contributed by atoms with van der Waals surface area (Å²) in [6, 6.07) is 7.47. The molecule has 6 heteroatoms. The van der Waals surface area contributed by atoms with E-state index in [2.05, 4.69) is 5.32 Å². The third kappa shape index (κ3) is 4.88. The highest BCUT2D eigenvalue weighted by Gasteiger charge is 2.29. The molecule has 1 heterocycles. The van der Waals surface area contributed by atoms with Crippen LogP contribution in [0.5, 0.6) is 0 Å². The van der Waals surface area contributed by atoms with E-state index in [1.807, 2.05) is 64.0 Å². The molecular formula is C18H27N3O3. The number of likely N-dealkylation sites (tertiary alicyclic amines) is 1. The van der Waals surface area contributed by atoms with Crippen molar-refractivity contribution in [3.8, 4) is 0 Å². The van der Waals surface area contributed by atoms with Crippen LogP contribution in [0.4, 0.5) is 10.5 Å². The second kappa shape index (κ2) is 7.11. The number of ether oxygens (including phenoxy) is 1. The molecule has 1 aliphatic heterocycles. The molecule has 132 valence electrons. The van der Waals surface area contributed by atoms with Gasteiger partial charge in [-0.3, -0.25) is 4.79 Å². The molecule has 0 aromatic heterocycles. The van der Waals surface area contributed by atoms with E-state index < -0.39 is 11.7 Å². The number of rotatable bonds is 3. The smallest absolute Gasteiger partial charge is 0.407 e.